The van der Waals surface area contributed by atoms with E-state index in [1.165, 1.54) is 16.0 Å². The molecule has 3 heterocycles. The Bertz CT molecular complexity index is 1030. The van der Waals surface area contributed by atoms with Crippen molar-refractivity contribution in [3.8, 4) is 10.4 Å². The summed E-state index contributed by atoms with van der Waals surface area (Å²) in [6.07, 6.45) is 4.52. The van der Waals surface area contributed by atoms with Gasteiger partial charge in [-0.25, -0.2) is 4.98 Å². The molecule has 4 aromatic rings. The van der Waals surface area contributed by atoms with E-state index in [0.717, 1.165) is 35.3 Å². The van der Waals surface area contributed by atoms with Crippen molar-refractivity contribution in [2.45, 2.75) is 6.42 Å². The Kier molecular flexibility index (Phi) is 4.78. The van der Waals surface area contributed by atoms with Crippen LogP contribution in [0.15, 0.2) is 66.8 Å². The molecule has 0 spiro atoms. The Hall–Kier alpha value is -2.56. The number of halogens is 1. The largest absolute Gasteiger partial charge is 0.385 e. The number of aromatic amines is 1. The maximum atomic E-state index is 6.06. The molecule has 3 aromatic heterocycles. The van der Waals surface area contributed by atoms with Gasteiger partial charge in [-0.3, -0.25) is 0 Å². The van der Waals surface area contributed by atoms with Crippen LogP contribution in [0.2, 0.25) is 5.02 Å². The van der Waals surface area contributed by atoms with Gasteiger partial charge in [-0.2, -0.15) is 0 Å². The second kappa shape index (κ2) is 7.36. The summed E-state index contributed by atoms with van der Waals surface area (Å²) in [7, 11) is 0. The van der Waals surface area contributed by atoms with E-state index in [0.29, 0.717) is 5.02 Å². The van der Waals surface area contributed by atoms with Gasteiger partial charge in [-0.05, 0) is 40.6 Å². The molecular formula is C21H18ClN3S. The van der Waals surface area contributed by atoms with Crippen molar-refractivity contribution in [1.82, 2.24) is 15.3 Å². The lowest BCUT2D eigenvalue weighted by Crippen LogP contribution is -2.14. The lowest BCUT2D eigenvalue weighted by molar-refractivity contribution is 0.853. The van der Waals surface area contributed by atoms with E-state index >= 15 is 0 Å². The van der Waals surface area contributed by atoms with Crippen LogP contribution in [0.25, 0.3) is 27.2 Å². The van der Waals surface area contributed by atoms with Crippen LogP contribution in [0, 0.1) is 0 Å². The number of hydrogen-bond donors (Lipinski definition) is 2. The monoisotopic (exact) mass is 379 g/mol. The van der Waals surface area contributed by atoms with Gasteiger partial charge in [0.15, 0.2) is 0 Å². The molecule has 0 fully saturated rings. The molecule has 0 aliphatic rings. The van der Waals surface area contributed by atoms with E-state index in [2.05, 4.69) is 63.6 Å². The van der Waals surface area contributed by atoms with E-state index in [9.17, 15) is 0 Å². The molecule has 0 amide bonds. The van der Waals surface area contributed by atoms with E-state index < -0.39 is 0 Å². The van der Waals surface area contributed by atoms with Gasteiger partial charge in [0.05, 0.1) is 5.02 Å². The average molecular weight is 380 g/mol. The van der Waals surface area contributed by atoms with Crippen molar-refractivity contribution in [1.29, 1.82) is 0 Å². The number of hydrogen-bond acceptors (Lipinski definition) is 3. The molecule has 5 heteroatoms. The summed E-state index contributed by atoms with van der Waals surface area (Å²) in [6, 6.07) is 14.7. The summed E-state index contributed by atoms with van der Waals surface area (Å²) < 4.78 is 0. The second-order valence-electron chi connectivity index (χ2n) is 6.07. The van der Waals surface area contributed by atoms with E-state index in [-0.39, 0.29) is 0 Å². The Morgan fingerprint density at radius 2 is 2.08 bits per heavy atom. The highest BCUT2D eigenvalue weighted by Gasteiger charge is 2.06. The number of thiophene rings is 1. The molecule has 0 atom stereocenters. The zero-order valence-electron chi connectivity index (χ0n) is 14.1. The van der Waals surface area contributed by atoms with E-state index in [1.54, 1.807) is 17.5 Å². The first kappa shape index (κ1) is 16.9. The van der Waals surface area contributed by atoms with Crippen LogP contribution in [0.4, 0.5) is 0 Å². The van der Waals surface area contributed by atoms with E-state index in [4.69, 9.17) is 11.6 Å². The first-order valence-electron chi connectivity index (χ1n) is 8.39. The Labute approximate surface area is 161 Å². The molecule has 2 N–H and O–H groups in total. The van der Waals surface area contributed by atoms with Crippen LogP contribution in [0.3, 0.4) is 0 Å². The molecule has 4 rings (SSSR count). The number of benzene rings is 1. The van der Waals surface area contributed by atoms with Gasteiger partial charge < -0.3 is 10.3 Å². The summed E-state index contributed by atoms with van der Waals surface area (Å²) >= 11 is 7.81. The van der Waals surface area contributed by atoms with Crippen molar-refractivity contribution in [3.05, 3.63) is 83.0 Å². The van der Waals surface area contributed by atoms with Gasteiger partial charge in [0.1, 0.15) is 5.65 Å². The maximum absolute atomic E-state index is 6.06. The van der Waals surface area contributed by atoms with Crippen molar-refractivity contribution >= 4 is 39.7 Å². The fourth-order valence-electron chi connectivity index (χ4n) is 2.97. The third-order valence-corrected chi connectivity index (χ3v) is 5.48. The first-order chi connectivity index (χ1) is 12.7. The van der Waals surface area contributed by atoms with Crippen molar-refractivity contribution in [2.24, 2.45) is 0 Å². The molecule has 0 unspecified atom stereocenters. The lowest BCUT2D eigenvalue weighted by atomic mass is 10.1. The zero-order chi connectivity index (χ0) is 17.9. The predicted octanol–water partition coefficient (Wildman–Crippen LogP) is 5.75. The van der Waals surface area contributed by atoms with Gasteiger partial charge in [0, 0.05) is 34.9 Å². The highest BCUT2D eigenvalue weighted by Crippen LogP contribution is 2.26. The number of fused-ring (bicyclic) bond motifs is 1. The molecular weight excluding hydrogens is 362 g/mol. The zero-order valence-corrected chi connectivity index (χ0v) is 15.7. The van der Waals surface area contributed by atoms with Crippen molar-refractivity contribution in [3.63, 3.8) is 0 Å². The molecule has 1 aromatic carbocycles. The summed E-state index contributed by atoms with van der Waals surface area (Å²) in [5.74, 6) is 0. The van der Waals surface area contributed by atoms with Crippen molar-refractivity contribution in [2.75, 3.05) is 6.54 Å². The normalized spacial score (nSPS) is 11.0. The number of rotatable bonds is 6. The maximum Gasteiger partial charge on any atom is 0.137 e. The van der Waals surface area contributed by atoms with Gasteiger partial charge in [0.2, 0.25) is 0 Å². The summed E-state index contributed by atoms with van der Waals surface area (Å²) in [4.78, 5) is 8.76. The summed E-state index contributed by atoms with van der Waals surface area (Å²) in [5, 5.41) is 7.23. The number of aromatic nitrogens is 2. The Morgan fingerprint density at radius 1 is 1.23 bits per heavy atom. The van der Waals surface area contributed by atoms with E-state index in [1.807, 2.05) is 12.3 Å². The Balaban J connectivity index is 1.38. The third-order valence-electron chi connectivity index (χ3n) is 4.36. The van der Waals surface area contributed by atoms with Crippen LogP contribution < -0.4 is 5.32 Å². The van der Waals surface area contributed by atoms with Crippen LogP contribution in [-0.2, 0) is 6.42 Å². The molecule has 0 aliphatic carbocycles. The Morgan fingerprint density at radius 3 is 2.85 bits per heavy atom. The van der Waals surface area contributed by atoms with Crippen LogP contribution in [0.1, 0.15) is 11.1 Å². The summed E-state index contributed by atoms with van der Waals surface area (Å²) in [6.45, 7) is 4.96. The molecule has 0 radical (unpaired) electrons. The van der Waals surface area contributed by atoms with Crippen LogP contribution >= 0.6 is 22.9 Å². The first-order valence-corrected chi connectivity index (χ1v) is 9.65. The van der Waals surface area contributed by atoms with Gasteiger partial charge in [-0.1, -0.05) is 48.5 Å². The van der Waals surface area contributed by atoms with Gasteiger partial charge >= 0.3 is 0 Å². The predicted molar refractivity (Wildman–Crippen MR) is 112 cm³/mol. The molecule has 0 aliphatic heterocycles. The highest BCUT2D eigenvalue weighted by molar-refractivity contribution is 7.13. The number of nitrogens with one attached hydrogen (secondary N) is 2. The topological polar surface area (TPSA) is 40.7 Å². The van der Waals surface area contributed by atoms with Crippen molar-refractivity contribution < 1.29 is 0 Å². The molecule has 26 heavy (non-hydrogen) atoms. The molecule has 0 saturated carbocycles. The van der Waals surface area contributed by atoms with Crippen LogP contribution in [-0.4, -0.2) is 16.5 Å². The smallest absolute Gasteiger partial charge is 0.137 e. The quantitative estimate of drug-likeness (QED) is 0.448. The fraction of sp³-hybridized carbons (Fsp3) is 0.0952. The minimum absolute atomic E-state index is 0.654. The van der Waals surface area contributed by atoms with Gasteiger partial charge in [-0.15, -0.1) is 11.3 Å². The molecule has 3 nitrogen and oxygen atoms in total. The number of nitrogens with zero attached hydrogens (tertiary/aromatic N) is 1. The third kappa shape index (κ3) is 3.52. The van der Waals surface area contributed by atoms with Gasteiger partial charge in [0.25, 0.3) is 0 Å². The molecule has 130 valence electrons. The highest BCUT2D eigenvalue weighted by atomic mass is 35.5. The lowest BCUT2D eigenvalue weighted by Gasteiger charge is -2.10. The summed E-state index contributed by atoms with van der Waals surface area (Å²) in [5.41, 5.74) is 5.34. The molecule has 0 saturated heterocycles. The average Bonchev–Trinajstić information content (AvgIpc) is 3.32. The van der Waals surface area contributed by atoms with Crippen LogP contribution in [0.5, 0.6) is 0 Å². The number of H-pyrrole nitrogens is 1. The minimum Gasteiger partial charge on any atom is -0.385 e. The fourth-order valence-corrected chi connectivity index (χ4v) is 3.86. The second-order valence-corrected chi connectivity index (χ2v) is 7.46. The standard InChI is InChI=1S/C21H18ClN3S/c1-14(15-4-6-16(7-5-15)20-3-2-10-26-20)23-9-8-17-12-24-21-19(17)11-18(22)13-25-21/h2-7,10-13,23H,1,8-9H2,(H,24,25). The minimum atomic E-state index is 0.654. The molecule has 0 bridgehead atoms. The number of pyridine rings is 1. The SMILES string of the molecule is C=C(NCCc1c[nH]c2ncc(Cl)cc12)c1ccc(-c2cccs2)cc1.